The Bertz CT molecular complexity index is 660. The number of benzene rings is 1. The molecule has 4 rings (SSSR count). The van der Waals surface area contributed by atoms with Gasteiger partial charge in [-0.3, -0.25) is 0 Å². The summed E-state index contributed by atoms with van der Waals surface area (Å²) in [5, 5.41) is 10.6. The first-order valence-electron chi connectivity index (χ1n) is 9.98. The van der Waals surface area contributed by atoms with Crippen molar-refractivity contribution in [1.82, 2.24) is 0 Å². The van der Waals surface area contributed by atoms with Crippen molar-refractivity contribution < 1.29 is 5.11 Å². The van der Waals surface area contributed by atoms with Crippen LogP contribution in [0.4, 0.5) is 0 Å². The maximum Gasteiger partial charge on any atom is 0.0594 e. The van der Waals surface area contributed by atoms with E-state index in [2.05, 4.69) is 52.8 Å². The molecule has 132 valence electrons. The van der Waals surface area contributed by atoms with E-state index in [4.69, 9.17) is 0 Å². The standard InChI is InChI=1S/C23H34O/c1-15-6-8-17-16(14-15)7-9-19-22(17,4)12-10-18-21(2,3)20(24)11-13-23(18,19)5/h6,8,14,18-20,24H,7,9-13H2,1-5H3/t18-,19-,20-,22-,23-/m0/s1. The van der Waals surface area contributed by atoms with Crippen LogP contribution in [0.25, 0.3) is 0 Å². The molecule has 0 bridgehead atoms. The molecule has 0 heterocycles. The van der Waals surface area contributed by atoms with Gasteiger partial charge < -0.3 is 5.11 Å². The average molecular weight is 327 g/mol. The highest BCUT2D eigenvalue weighted by Crippen LogP contribution is 2.66. The Morgan fingerprint density at radius 2 is 1.71 bits per heavy atom. The molecule has 1 heteroatoms. The van der Waals surface area contributed by atoms with Crippen LogP contribution in [0.15, 0.2) is 18.2 Å². The molecule has 3 aliphatic carbocycles. The number of hydrogen-bond donors (Lipinski definition) is 1. The zero-order valence-corrected chi connectivity index (χ0v) is 16.2. The quantitative estimate of drug-likeness (QED) is 0.675. The lowest BCUT2D eigenvalue weighted by atomic mass is 9.40. The van der Waals surface area contributed by atoms with E-state index in [1.165, 1.54) is 37.7 Å². The molecule has 0 amide bonds. The fraction of sp³-hybridized carbons (Fsp3) is 0.739. The minimum absolute atomic E-state index is 0.0574. The number of fused-ring (bicyclic) bond motifs is 5. The van der Waals surface area contributed by atoms with Crippen molar-refractivity contribution >= 4 is 0 Å². The topological polar surface area (TPSA) is 20.2 Å². The lowest BCUT2D eigenvalue weighted by Crippen LogP contribution is -2.60. The molecule has 1 N–H and O–H groups in total. The van der Waals surface area contributed by atoms with Crippen LogP contribution in [0.2, 0.25) is 0 Å². The second-order valence-electron chi connectivity index (χ2n) is 10.1. The van der Waals surface area contributed by atoms with E-state index < -0.39 is 0 Å². The molecular weight excluding hydrogens is 292 g/mol. The van der Waals surface area contributed by atoms with Crippen LogP contribution in [-0.4, -0.2) is 11.2 Å². The summed E-state index contributed by atoms with van der Waals surface area (Å²) in [5.74, 6) is 1.41. The van der Waals surface area contributed by atoms with Gasteiger partial charge in [-0.2, -0.15) is 0 Å². The maximum absolute atomic E-state index is 10.6. The predicted molar refractivity (Wildman–Crippen MR) is 100 cm³/mol. The molecule has 1 nitrogen and oxygen atoms in total. The van der Waals surface area contributed by atoms with Crippen LogP contribution in [0.1, 0.15) is 76.5 Å². The van der Waals surface area contributed by atoms with E-state index in [9.17, 15) is 5.11 Å². The van der Waals surface area contributed by atoms with Gasteiger partial charge in [0, 0.05) is 0 Å². The Hall–Kier alpha value is -0.820. The van der Waals surface area contributed by atoms with Crippen LogP contribution < -0.4 is 0 Å². The highest BCUT2D eigenvalue weighted by atomic mass is 16.3. The third-order valence-electron chi connectivity index (χ3n) is 8.61. The summed E-state index contributed by atoms with van der Waals surface area (Å²) in [4.78, 5) is 0. The number of rotatable bonds is 0. The number of aliphatic hydroxyl groups excluding tert-OH is 1. The molecule has 5 atom stereocenters. The molecular formula is C23H34O. The van der Waals surface area contributed by atoms with Crippen molar-refractivity contribution in [3.63, 3.8) is 0 Å². The van der Waals surface area contributed by atoms with Gasteiger partial charge in [-0.1, -0.05) is 51.5 Å². The number of aliphatic hydroxyl groups is 1. The van der Waals surface area contributed by atoms with E-state index in [-0.39, 0.29) is 11.5 Å². The Morgan fingerprint density at radius 1 is 0.958 bits per heavy atom. The summed E-state index contributed by atoms with van der Waals surface area (Å²) in [5.41, 5.74) is 5.39. The smallest absolute Gasteiger partial charge is 0.0594 e. The first-order chi connectivity index (χ1) is 11.2. The first-order valence-corrected chi connectivity index (χ1v) is 9.98. The fourth-order valence-electron chi connectivity index (χ4n) is 7.30. The van der Waals surface area contributed by atoms with Gasteiger partial charge in [-0.25, -0.2) is 0 Å². The van der Waals surface area contributed by atoms with Crippen LogP contribution >= 0.6 is 0 Å². The van der Waals surface area contributed by atoms with Crippen LogP contribution in [0.5, 0.6) is 0 Å². The summed E-state index contributed by atoms with van der Waals surface area (Å²) >= 11 is 0. The minimum Gasteiger partial charge on any atom is -0.393 e. The van der Waals surface area contributed by atoms with Gasteiger partial charge in [-0.05, 0) is 84.7 Å². The summed E-state index contributed by atoms with van der Waals surface area (Å²) in [6.07, 6.45) is 7.16. The molecule has 0 aromatic heterocycles. The molecule has 0 spiro atoms. The van der Waals surface area contributed by atoms with Crippen molar-refractivity contribution in [2.75, 3.05) is 0 Å². The van der Waals surface area contributed by atoms with Gasteiger partial charge in [0.1, 0.15) is 0 Å². The van der Waals surface area contributed by atoms with Gasteiger partial charge in [-0.15, -0.1) is 0 Å². The zero-order valence-electron chi connectivity index (χ0n) is 16.2. The van der Waals surface area contributed by atoms with Crippen molar-refractivity contribution in [3.8, 4) is 0 Å². The SMILES string of the molecule is Cc1ccc2c(c1)CC[C@@H]1[C@@]3(C)CC[C@H](O)C(C)(C)[C@@H]3CC[C@@]21C. The third-order valence-corrected chi connectivity index (χ3v) is 8.61. The highest BCUT2D eigenvalue weighted by molar-refractivity contribution is 5.41. The van der Waals surface area contributed by atoms with E-state index >= 15 is 0 Å². The molecule has 1 aromatic carbocycles. The summed E-state index contributed by atoms with van der Waals surface area (Å²) < 4.78 is 0. The van der Waals surface area contributed by atoms with Crippen LogP contribution in [0.3, 0.4) is 0 Å². The van der Waals surface area contributed by atoms with E-state index in [1.807, 2.05) is 0 Å². The predicted octanol–water partition coefficient (Wildman–Crippen LogP) is 5.41. The normalized spacial score (nSPS) is 43.5. The Labute approximate surface area is 147 Å². The van der Waals surface area contributed by atoms with Gasteiger partial charge in [0.05, 0.1) is 6.10 Å². The minimum atomic E-state index is -0.126. The second-order valence-corrected chi connectivity index (χ2v) is 10.1. The number of hydrogen-bond acceptors (Lipinski definition) is 1. The molecule has 0 aliphatic heterocycles. The number of aryl methyl sites for hydroxylation is 2. The molecule has 0 radical (unpaired) electrons. The largest absolute Gasteiger partial charge is 0.393 e. The lowest BCUT2D eigenvalue weighted by molar-refractivity contribution is -0.158. The Balaban J connectivity index is 1.79. The third kappa shape index (κ3) is 2.03. The highest BCUT2D eigenvalue weighted by Gasteiger charge is 2.61. The zero-order chi connectivity index (χ0) is 17.3. The first kappa shape index (κ1) is 16.6. The van der Waals surface area contributed by atoms with E-state index in [1.54, 1.807) is 11.1 Å². The van der Waals surface area contributed by atoms with E-state index in [0.717, 1.165) is 12.3 Å². The Morgan fingerprint density at radius 3 is 2.46 bits per heavy atom. The fourth-order valence-corrected chi connectivity index (χ4v) is 7.30. The molecule has 2 saturated carbocycles. The van der Waals surface area contributed by atoms with Gasteiger partial charge in [0.15, 0.2) is 0 Å². The summed E-state index contributed by atoms with van der Waals surface area (Å²) in [7, 11) is 0. The average Bonchev–Trinajstić information content (AvgIpc) is 2.50. The second kappa shape index (κ2) is 5.10. The molecule has 24 heavy (non-hydrogen) atoms. The maximum atomic E-state index is 10.6. The van der Waals surface area contributed by atoms with Crippen molar-refractivity contribution in [3.05, 3.63) is 34.9 Å². The lowest BCUT2D eigenvalue weighted by Gasteiger charge is -2.65. The van der Waals surface area contributed by atoms with Gasteiger partial charge >= 0.3 is 0 Å². The van der Waals surface area contributed by atoms with Crippen molar-refractivity contribution in [2.24, 2.45) is 22.7 Å². The van der Waals surface area contributed by atoms with E-state index in [0.29, 0.717) is 16.7 Å². The monoisotopic (exact) mass is 326 g/mol. The molecule has 3 aliphatic rings. The molecule has 2 fully saturated rings. The van der Waals surface area contributed by atoms with Gasteiger partial charge in [0.2, 0.25) is 0 Å². The summed E-state index contributed by atoms with van der Waals surface area (Å²) in [6.45, 7) is 12.0. The molecule has 0 saturated heterocycles. The van der Waals surface area contributed by atoms with Gasteiger partial charge in [0.25, 0.3) is 0 Å². The van der Waals surface area contributed by atoms with Crippen LogP contribution in [-0.2, 0) is 11.8 Å². The molecule has 1 aromatic rings. The van der Waals surface area contributed by atoms with Crippen molar-refractivity contribution in [2.45, 2.75) is 84.7 Å². The summed E-state index contributed by atoms with van der Waals surface area (Å²) in [6, 6.07) is 7.18. The van der Waals surface area contributed by atoms with Crippen molar-refractivity contribution in [1.29, 1.82) is 0 Å². The Kier molecular flexibility index (Phi) is 3.53. The van der Waals surface area contributed by atoms with Crippen LogP contribution in [0, 0.1) is 29.6 Å². The molecule has 0 unspecified atom stereocenters.